The third kappa shape index (κ3) is 4.61. The van der Waals surface area contributed by atoms with E-state index in [1.54, 1.807) is 0 Å². The van der Waals surface area contributed by atoms with Crippen molar-refractivity contribution in [2.24, 2.45) is 0 Å². The van der Waals surface area contributed by atoms with Crippen molar-refractivity contribution in [2.45, 2.75) is 6.92 Å². The molecule has 1 rings (SSSR count). The first-order valence-corrected chi connectivity index (χ1v) is 4.13. The zero-order valence-corrected chi connectivity index (χ0v) is 7.84. The fraction of sp³-hybridized carbons (Fsp3) is 0.250. The molecule has 0 fully saturated rings. The molecule has 0 aromatic heterocycles. The molecule has 0 heterocycles. The summed E-state index contributed by atoms with van der Waals surface area (Å²) in [5, 5.41) is 1.21. The molecule has 0 aliphatic rings. The van der Waals surface area contributed by atoms with Crippen LogP contribution < -0.4 is 24.2 Å². The topological polar surface area (TPSA) is 9.23 Å². The van der Waals surface area contributed by atoms with Crippen molar-refractivity contribution in [1.29, 1.82) is 0 Å². The summed E-state index contributed by atoms with van der Waals surface area (Å²) in [5.74, 6) is 0. The summed E-state index contributed by atoms with van der Waals surface area (Å²) in [5.41, 5.74) is 0. The quantitative estimate of drug-likeness (QED) is 0.416. The second-order valence-corrected chi connectivity index (χ2v) is 2.80. The molecule has 1 aromatic carbocycles. The van der Waals surface area contributed by atoms with Gasteiger partial charge in [-0.2, -0.15) is 5.30 Å². The summed E-state index contributed by atoms with van der Waals surface area (Å²) in [7, 11) is 0.962. The summed E-state index contributed by atoms with van der Waals surface area (Å²) in [6.07, 6.45) is 0. The van der Waals surface area contributed by atoms with Gasteiger partial charge in [-0.25, -0.2) is 0 Å². The van der Waals surface area contributed by atoms with Crippen LogP contribution in [0.3, 0.4) is 0 Å². The van der Waals surface area contributed by atoms with Crippen LogP contribution >= 0.6 is 8.81 Å². The number of hydrogen-bond donors (Lipinski definition) is 0. The van der Waals surface area contributed by atoms with E-state index in [-0.39, 0.29) is 18.9 Å². The van der Waals surface area contributed by atoms with Gasteiger partial charge in [0.05, 0.1) is 0 Å². The molecular weight excluding hydrogens is 150 g/mol. The van der Waals surface area contributed by atoms with E-state index in [1.165, 1.54) is 5.30 Å². The fourth-order valence-corrected chi connectivity index (χ4v) is 1.20. The van der Waals surface area contributed by atoms with E-state index in [2.05, 4.69) is 12.1 Å². The van der Waals surface area contributed by atoms with Crippen LogP contribution in [0, 0.1) is 0 Å². The minimum Gasteiger partial charge on any atom is -0.553 e. The van der Waals surface area contributed by atoms with Crippen LogP contribution in [0.25, 0.3) is 0 Å². The maximum Gasteiger partial charge on any atom is 1.00 e. The molecule has 0 spiro atoms. The number of benzene rings is 1. The second kappa shape index (κ2) is 6.89. The molecule has 1 nitrogen and oxygen atoms in total. The maximum atomic E-state index is 5.19. The molecule has 11 heavy (non-hydrogen) atoms. The molecule has 0 aliphatic carbocycles. The first kappa shape index (κ1) is 11.2. The monoisotopic (exact) mass is 160 g/mol. The molecular formula is C8H10LiOP. The van der Waals surface area contributed by atoms with Gasteiger partial charge in [0, 0.05) is 6.61 Å². The average molecular weight is 160 g/mol. The maximum absolute atomic E-state index is 5.19. The Balaban J connectivity index is 0.000001000. The normalized spacial score (nSPS) is 9.91. The van der Waals surface area contributed by atoms with E-state index in [0.717, 1.165) is 15.4 Å². The Hall–Kier alpha value is 0.207. The molecule has 0 saturated heterocycles. The van der Waals surface area contributed by atoms with Crippen LogP contribution in [-0.2, 0) is 4.52 Å². The third-order valence-corrected chi connectivity index (χ3v) is 1.95. The van der Waals surface area contributed by atoms with Gasteiger partial charge in [-0.3, -0.25) is 0 Å². The molecule has 0 bridgehead atoms. The molecule has 3 heteroatoms. The van der Waals surface area contributed by atoms with Crippen LogP contribution in [-0.4, -0.2) is 6.61 Å². The van der Waals surface area contributed by atoms with Gasteiger partial charge in [-0.05, 0) is 6.92 Å². The molecule has 0 unspecified atom stereocenters. The predicted octanol–water partition coefficient (Wildman–Crippen LogP) is -0.786. The minimum atomic E-state index is 0. The Kier molecular flexibility index (Phi) is 7.02. The van der Waals surface area contributed by atoms with Gasteiger partial charge in [0.2, 0.25) is 0 Å². The van der Waals surface area contributed by atoms with Crippen molar-refractivity contribution in [1.82, 2.24) is 0 Å². The van der Waals surface area contributed by atoms with Gasteiger partial charge in [-0.15, -0.1) is 0 Å². The van der Waals surface area contributed by atoms with Crippen molar-refractivity contribution in [2.75, 3.05) is 6.61 Å². The Bertz CT molecular complexity index is 179. The standard InChI is InChI=1S/C8H10OP.Li/c1-2-9-10-8-6-4-3-5-7-8;/h3-7H,2H2,1H3;/q-1;+1. The summed E-state index contributed by atoms with van der Waals surface area (Å²) >= 11 is 0. The Labute approximate surface area is 81.6 Å². The van der Waals surface area contributed by atoms with E-state index in [9.17, 15) is 0 Å². The van der Waals surface area contributed by atoms with E-state index in [1.807, 2.05) is 25.1 Å². The van der Waals surface area contributed by atoms with Gasteiger partial charge in [-0.1, -0.05) is 30.3 Å². The predicted molar refractivity (Wildman–Crippen MR) is 44.6 cm³/mol. The van der Waals surface area contributed by atoms with Crippen LogP contribution in [0.5, 0.6) is 0 Å². The second-order valence-electron chi connectivity index (χ2n) is 1.84. The molecule has 1 aromatic rings. The minimum absolute atomic E-state index is 0. The van der Waals surface area contributed by atoms with E-state index >= 15 is 0 Å². The summed E-state index contributed by atoms with van der Waals surface area (Å²) < 4.78 is 5.19. The molecule has 0 N–H and O–H groups in total. The van der Waals surface area contributed by atoms with Crippen LogP contribution in [0.2, 0.25) is 0 Å². The molecule has 0 aliphatic heterocycles. The van der Waals surface area contributed by atoms with Crippen molar-refractivity contribution in [3.8, 4) is 0 Å². The van der Waals surface area contributed by atoms with E-state index in [4.69, 9.17) is 4.52 Å². The Morgan fingerprint density at radius 3 is 2.45 bits per heavy atom. The summed E-state index contributed by atoms with van der Waals surface area (Å²) in [6, 6.07) is 10.1. The van der Waals surface area contributed by atoms with Gasteiger partial charge in [0.25, 0.3) is 0 Å². The zero-order valence-electron chi connectivity index (χ0n) is 6.95. The largest absolute Gasteiger partial charge is 1.00 e. The molecule has 0 atom stereocenters. The summed E-state index contributed by atoms with van der Waals surface area (Å²) in [6.45, 7) is 2.77. The Morgan fingerprint density at radius 2 is 1.91 bits per heavy atom. The van der Waals surface area contributed by atoms with Crippen molar-refractivity contribution in [3.63, 3.8) is 0 Å². The van der Waals surface area contributed by atoms with Crippen molar-refractivity contribution in [3.05, 3.63) is 30.3 Å². The van der Waals surface area contributed by atoms with E-state index < -0.39 is 0 Å². The van der Waals surface area contributed by atoms with Gasteiger partial charge < -0.3 is 13.3 Å². The molecule has 0 saturated carbocycles. The Morgan fingerprint density at radius 1 is 1.27 bits per heavy atom. The van der Waals surface area contributed by atoms with Crippen LogP contribution in [0.15, 0.2) is 30.3 Å². The zero-order chi connectivity index (χ0) is 7.23. The molecule has 0 radical (unpaired) electrons. The van der Waals surface area contributed by atoms with Crippen molar-refractivity contribution >= 4 is 14.1 Å². The number of hydrogen-bond acceptors (Lipinski definition) is 1. The van der Waals surface area contributed by atoms with Crippen molar-refractivity contribution < 1.29 is 23.4 Å². The average Bonchev–Trinajstić information content (AvgIpc) is 2.03. The number of rotatable bonds is 3. The summed E-state index contributed by atoms with van der Waals surface area (Å²) in [4.78, 5) is 0. The van der Waals surface area contributed by atoms with Crippen LogP contribution in [0.1, 0.15) is 6.92 Å². The van der Waals surface area contributed by atoms with Gasteiger partial charge in [0.15, 0.2) is 0 Å². The fourth-order valence-electron chi connectivity index (χ4n) is 0.628. The first-order chi connectivity index (χ1) is 4.93. The molecule has 54 valence electrons. The SMILES string of the molecule is CCO[P-]c1ccccc1.[Li+]. The first-order valence-electron chi connectivity index (χ1n) is 3.31. The van der Waals surface area contributed by atoms with Crippen LogP contribution in [0.4, 0.5) is 0 Å². The molecule has 0 amide bonds. The smallest absolute Gasteiger partial charge is 0.553 e. The van der Waals surface area contributed by atoms with E-state index in [0.29, 0.717) is 0 Å². The van der Waals surface area contributed by atoms with Gasteiger partial charge in [0.1, 0.15) is 0 Å². The third-order valence-electron chi connectivity index (χ3n) is 1.06. The van der Waals surface area contributed by atoms with Gasteiger partial charge >= 0.3 is 18.9 Å².